The average molecular weight is 479 g/mol. The predicted octanol–water partition coefficient (Wildman–Crippen LogP) is 3.58. The topological polar surface area (TPSA) is 91.6 Å². The Kier molecular flexibility index (Phi) is 6.63. The molecule has 3 heterocycles. The van der Waals surface area contributed by atoms with Crippen molar-refractivity contribution in [2.24, 2.45) is 17.6 Å². The van der Waals surface area contributed by atoms with Gasteiger partial charge < -0.3 is 20.9 Å². The van der Waals surface area contributed by atoms with Crippen molar-refractivity contribution in [1.82, 2.24) is 9.88 Å². The number of alkyl halides is 3. The number of carbonyl (C=O) groups is 2. The Morgan fingerprint density at radius 3 is 2.41 bits per heavy atom. The molecule has 2 aromatic rings. The Bertz CT molecular complexity index is 1050. The highest BCUT2D eigenvalue weighted by Gasteiger charge is 2.41. The molecule has 7 nitrogen and oxygen atoms in total. The fourth-order valence-electron chi connectivity index (χ4n) is 4.31. The normalized spacial score (nSPS) is 19.5. The number of carbonyl (C=O) groups excluding carboxylic acids is 2. The van der Waals surface area contributed by atoms with Gasteiger partial charge in [0.15, 0.2) is 5.82 Å². The summed E-state index contributed by atoms with van der Waals surface area (Å²) in [5, 5.41) is 2.93. The summed E-state index contributed by atoms with van der Waals surface area (Å²) >= 11 is 0. The summed E-state index contributed by atoms with van der Waals surface area (Å²) in [7, 11) is 0. The molecule has 1 aromatic carbocycles. The number of primary amides is 1. The summed E-state index contributed by atoms with van der Waals surface area (Å²) in [5.74, 6) is -2.66. The Balaban J connectivity index is 1.34. The number of rotatable bonds is 6. The van der Waals surface area contributed by atoms with Crippen LogP contribution in [-0.2, 0) is 16.1 Å². The molecule has 34 heavy (non-hydrogen) atoms. The number of hydrogen-bond acceptors (Lipinski definition) is 5. The molecule has 0 bridgehead atoms. The van der Waals surface area contributed by atoms with Crippen molar-refractivity contribution in [3.63, 3.8) is 0 Å². The molecule has 0 radical (unpaired) electrons. The van der Waals surface area contributed by atoms with Gasteiger partial charge in [-0.3, -0.25) is 9.59 Å². The summed E-state index contributed by atoms with van der Waals surface area (Å²) in [6.07, 6.45) is -2.83. The first-order valence-corrected chi connectivity index (χ1v) is 11.0. The molecule has 2 fully saturated rings. The Hall–Kier alpha value is -3.37. The number of aromatic nitrogens is 1. The SMILES string of the molecule is NC(=O)C1CC(=O)N(Cc2ccc(Nc3cnc(N4CCC(C(F)(F)F)CC4)cc3F)cc2)C1. The molecule has 2 amide bonds. The number of nitrogens with one attached hydrogen (secondary N) is 1. The standard InChI is InChI=1S/C23H25F4N5O2/c24-18-10-20(31-7-5-16(6-8-31)23(25,26)27)29-11-19(18)30-17-3-1-14(2-4-17)12-32-13-15(22(28)34)9-21(32)33/h1-4,10-11,15-16,30H,5-9,12-13H2,(H2,28,34). The number of halogens is 4. The minimum Gasteiger partial charge on any atom is -0.369 e. The molecule has 0 saturated carbocycles. The minimum atomic E-state index is -4.20. The molecule has 3 N–H and O–H groups in total. The highest BCUT2D eigenvalue weighted by Crippen LogP contribution is 2.35. The lowest BCUT2D eigenvalue weighted by atomic mass is 9.96. The highest BCUT2D eigenvalue weighted by molar-refractivity contribution is 5.88. The first-order chi connectivity index (χ1) is 16.1. The number of likely N-dealkylation sites (tertiary alicyclic amines) is 1. The molecule has 2 aliphatic heterocycles. The number of pyridine rings is 1. The summed E-state index contributed by atoms with van der Waals surface area (Å²) < 4.78 is 53.2. The van der Waals surface area contributed by atoms with Crippen LogP contribution in [0.4, 0.5) is 34.8 Å². The van der Waals surface area contributed by atoms with Gasteiger partial charge in [-0.2, -0.15) is 13.2 Å². The second-order valence-electron chi connectivity index (χ2n) is 8.72. The molecule has 4 rings (SSSR count). The van der Waals surface area contributed by atoms with Crippen LogP contribution < -0.4 is 16.0 Å². The molecule has 2 saturated heterocycles. The summed E-state index contributed by atoms with van der Waals surface area (Å²) in [4.78, 5) is 30.8. The van der Waals surface area contributed by atoms with Crippen LogP contribution in [0.5, 0.6) is 0 Å². The van der Waals surface area contributed by atoms with E-state index in [0.717, 1.165) is 5.56 Å². The van der Waals surface area contributed by atoms with Crippen LogP contribution in [0.3, 0.4) is 0 Å². The van der Waals surface area contributed by atoms with E-state index in [0.29, 0.717) is 24.6 Å². The van der Waals surface area contributed by atoms with Gasteiger partial charge in [0.25, 0.3) is 0 Å². The number of amides is 2. The van der Waals surface area contributed by atoms with E-state index < -0.39 is 29.7 Å². The lowest BCUT2D eigenvalue weighted by Crippen LogP contribution is -2.39. The van der Waals surface area contributed by atoms with Crippen molar-refractivity contribution >= 4 is 29.0 Å². The summed E-state index contributed by atoms with van der Waals surface area (Å²) in [6.45, 7) is 0.985. The summed E-state index contributed by atoms with van der Waals surface area (Å²) in [6, 6.07) is 8.27. The van der Waals surface area contributed by atoms with E-state index in [1.54, 1.807) is 34.1 Å². The van der Waals surface area contributed by atoms with Crippen molar-refractivity contribution in [3.8, 4) is 0 Å². The number of benzene rings is 1. The van der Waals surface area contributed by atoms with E-state index in [4.69, 9.17) is 5.73 Å². The second kappa shape index (κ2) is 9.47. The van der Waals surface area contributed by atoms with E-state index >= 15 is 0 Å². The molecular formula is C23H25F4N5O2. The van der Waals surface area contributed by atoms with Gasteiger partial charge in [-0.05, 0) is 30.5 Å². The molecule has 182 valence electrons. The lowest BCUT2D eigenvalue weighted by Gasteiger charge is -2.33. The second-order valence-corrected chi connectivity index (χ2v) is 8.72. The van der Waals surface area contributed by atoms with E-state index in [2.05, 4.69) is 10.3 Å². The van der Waals surface area contributed by atoms with E-state index in [9.17, 15) is 27.2 Å². The predicted molar refractivity (Wildman–Crippen MR) is 118 cm³/mol. The maximum Gasteiger partial charge on any atom is 0.391 e. The zero-order valence-corrected chi connectivity index (χ0v) is 18.3. The molecule has 2 aliphatic rings. The van der Waals surface area contributed by atoms with Crippen LogP contribution in [0, 0.1) is 17.7 Å². The van der Waals surface area contributed by atoms with Crippen molar-refractivity contribution in [2.75, 3.05) is 29.9 Å². The van der Waals surface area contributed by atoms with Gasteiger partial charge in [-0.1, -0.05) is 12.1 Å². The molecule has 1 atom stereocenters. The molecule has 1 unspecified atom stereocenters. The zero-order valence-electron chi connectivity index (χ0n) is 18.3. The maximum atomic E-state index is 14.7. The van der Waals surface area contributed by atoms with Crippen molar-refractivity contribution in [1.29, 1.82) is 0 Å². The van der Waals surface area contributed by atoms with Gasteiger partial charge in [0.05, 0.1) is 23.7 Å². The van der Waals surface area contributed by atoms with E-state index in [-0.39, 0.29) is 43.9 Å². The van der Waals surface area contributed by atoms with Crippen LogP contribution in [-0.4, -0.2) is 47.5 Å². The van der Waals surface area contributed by atoms with Crippen LogP contribution in [0.15, 0.2) is 36.5 Å². The molecule has 0 aliphatic carbocycles. The van der Waals surface area contributed by atoms with Gasteiger partial charge in [-0.15, -0.1) is 0 Å². The molecule has 1 aromatic heterocycles. The smallest absolute Gasteiger partial charge is 0.369 e. The number of anilines is 3. The highest BCUT2D eigenvalue weighted by atomic mass is 19.4. The molecular weight excluding hydrogens is 454 g/mol. The Morgan fingerprint density at radius 1 is 1.18 bits per heavy atom. The Morgan fingerprint density at radius 2 is 1.85 bits per heavy atom. The Labute approximate surface area is 193 Å². The first-order valence-electron chi connectivity index (χ1n) is 11.0. The van der Waals surface area contributed by atoms with Crippen molar-refractivity contribution in [2.45, 2.75) is 32.0 Å². The fraction of sp³-hybridized carbons (Fsp3) is 0.435. The van der Waals surface area contributed by atoms with E-state index in [1.165, 1.54) is 12.3 Å². The van der Waals surface area contributed by atoms with E-state index in [1.807, 2.05) is 0 Å². The van der Waals surface area contributed by atoms with Gasteiger partial charge in [0.1, 0.15) is 5.82 Å². The third-order valence-electron chi connectivity index (χ3n) is 6.34. The van der Waals surface area contributed by atoms with Gasteiger partial charge in [0, 0.05) is 44.4 Å². The van der Waals surface area contributed by atoms with Gasteiger partial charge in [-0.25, -0.2) is 9.37 Å². The average Bonchev–Trinajstić information content (AvgIpc) is 3.16. The number of piperidine rings is 1. The first kappa shape index (κ1) is 23.8. The third kappa shape index (κ3) is 5.40. The van der Waals surface area contributed by atoms with Gasteiger partial charge in [0.2, 0.25) is 11.8 Å². The van der Waals surface area contributed by atoms with Crippen molar-refractivity contribution in [3.05, 3.63) is 47.9 Å². The number of nitrogens with zero attached hydrogens (tertiary/aromatic N) is 3. The van der Waals surface area contributed by atoms with Crippen LogP contribution in [0.2, 0.25) is 0 Å². The number of nitrogens with two attached hydrogens (primary N) is 1. The van der Waals surface area contributed by atoms with Crippen molar-refractivity contribution < 1.29 is 27.2 Å². The monoisotopic (exact) mass is 479 g/mol. The quantitative estimate of drug-likeness (QED) is 0.618. The van der Waals surface area contributed by atoms with Gasteiger partial charge >= 0.3 is 6.18 Å². The molecule has 11 heteroatoms. The lowest BCUT2D eigenvalue weighted by molar-refractivity contribution is -0.179. The number of hydrogen-bond donors (Lipinski definition) is 2. The van der Waals surface area contributed by atoms with Crippen LogP contribution in [0.1, 0.15) is 24.8 Å². The largest absolute Gasteiger partial charge is 0.391 e. The zero-order chi connectivity index (χ0) is 24.5. The minimum absolute atomic E-state index is 0.0363. The summed E-state index contributed by atoms with van der Waals surface area (Å²) in [5.41, 5.74) is 6.88. The van der Waals surface area contributed by atoms with Crippen LogP contribution >= 0.6 is 0 Å². The fourth-order valence-corrected chi connectivity index (χ4v) is 4.31. The molecule has 0 spiro atoms. The third-order valence-corrected chi connectivity index (χ3v) is 6.34. The van der Waals surface area contributed by atoms with Crippen LogP contribution in [0.25, 0.3) is 0 Å². The maximum absolute atomic E-state index is 14.7.